The molecule has 106 valence electrons. The van der Waals surface area contributed by atoms with E-state index in [9.17, 15) is 0 Å². The summed E-state index contributed by atoms with van der Waals surface area (Å²) in [7, 11) is 0. The first-order valence-corrected chi connectivity index (χ1v) is 8.19. The van der Waals surface area contributed by atoms with Gasteiger partial charge in [0.25, 0.3) is 0 Å². The molecule has 19 heavy (non-hydrogen) atoms. The monoisotopic (exact) mass is 280 g/mol. The quantitative estimate of drug-likeness (QED) is 0.870. The molecule has 2 fully saturated rings. The number of hydrogen-bond donors (Lipinski definition) is 1. The predicted molar refractivity (Wildman–Crippen MR) is 79.3 cm³/mol. The van der Waals surface area contributed by atoms with Crippen molar-refractivity contribution in [3.63, 3.8) is 0 Å². The van der Waals surface area contributed by atoms with Crippen LogP contribution >= 0.6 is 11.3 Å². The molecule has 2 heterocycles. The highest BCUT2D eigenvalue weighted by atomic mass is 32.1. The van der Waals surface area contributed by atoms with Gasteiger partial charge in [0.1, 0.15) is 0 Å². The zero-order valence-electron chi connectivity index (χ0n) is 11.7. The lowest BCUT2D eigenvalue weighted by Gasteiger charge is -2.44. The summed E-state index contributed by atoms with van der Waals surface area (Å²) in [4.78, 5) is 4.11. The highest BCUT2D eigenvalue weighted by Crippen LogP contribution is 2.40. The van der Waals surface area contributed by atoms with Crippen LogP contribution in [0.15, 0.2) is 17.5 Å². The Labute approximate surface area is 119 Å². The second kappa shape index (κ2) is 5.52. The summed E-state index contributed by atoms with van der Waals surface area (Å²) in [6.07, 6.45) is 3.81. The van der Waals surface area contributed by atoms with Gasteiger partial charge in [-0.15, -0.1) is 11.3 Å². The van der Waals surface area contributed by atoms with E-state index < -0.39 is 0 Å². The van der Waals surface area contributed by atoms with Gasteiger partial charge < -0.3 is 10.5 Å². The SMILES string of the molecule is CC(CN)(C1CCOC1)N(Cc1cccs1)C1CC1. The van der Waals surface area contributed by atoms with Crippen molar-refractivity contribution in [2.45, 2.75) is 44.3 Å². The molecule has 1 aliphatic heterocycles. The van der Waals surface area contributed by atoms with E-state index in [1.807, 2.05) is 11.3 Å². The molecule has 0 amide bonds. The highest BCUT2D eigenvalue weighted by Gasteiger charge is 2.46. The second-order valence-corrected chi connectivity index (χ2v) is 7.09. The summed E-state index contributed by atoms with van der Waals surface area (Å²) >= 11 is 1.85. The van der Waals surface area contributed by atoms with E-state index in [1.54, 1.807) is 0 Å². The minimum Gasteiger partial charge on any atom is -0.381 e. The van der Waals surface area contributed by atoms with E-state index in [0.717, 1.165) is 38.8 Å². The van der Waals surface area contributed by atoms with Crippen molar-refractivity contribution < 1.29 is 4.74 Å². The molecule has 2 unspecified atom stereocenters. The summed E-state index contributed by atoms with van der Waals surface area (Å²) in [5, 5.41) is 2.17. The Kier molecular flexibility index (Phi) is 3.94. The third-order valence-electron chi connectivity index (χ3n) is 4.77. The van der Waals surface area contributed by atoms with Gasteiger partial charge >= 0.3 is 0 Å². The summed E-state index contributed by atoms with van der Waals surface area (Å²) in [6, 6.07) is 5.11. The van der Waals surface area contributed by atoms with Gasteiger partial charge in [-0.05, 0) is 37.6 Å². The van der Waals surface area contributed by atoms with E-state index in [4.69, 9.17) is 10.5 Å². The molecule has 1 aliphatic carbocycles. The van der Waals surface area contributed by atoms with Gasteiger partial charge in [-0.1, -0.05) is 6.07 Å². The molecule has 2 atom stereocenters. The Hall–Kier alpha value is -0.420. The number of nitrogens with two attached hydrogens (primary N) is 1. The Morgan fingerprint density at radius 3 is 2.84 bits per heavy atom. The van der Waals surface area contributed by atoms with Gasteiger partial charge in [0, 0.05) is 42.1 Å². The molecule has 0 bridgehead atoms. The van der Waals surface area contributed by atoms with Crippen molar-refractivity contribution in [2.24, 2.45) is 11.7 Å². The third-order valence-corrected chi connectivity index (χ3v) is 5.63. The molecule has 1 saturated heterocycles. The van der Waals surface area contributed by atoms with Crippen LogP contribution in [0.4, 0.5) is 0 Å². The maximum absolute atomic E-state index is 6.19. The average molecular weight is 280 g/mol. The van der Waals surface area contributed by atoms with Crippen LogP contribution in [-0.2, 0) is 11.3 Å². The minimum absolute atomic E-state index is 0.0850. The molecular formula is C15H24N2OS. The zero-order valence-corrected chi connectivity index (χ0v) is 12.5. The fourth-order valence-electron chi connectivity index (χ4n) is 3.23. The molecule has 0 aromatic carbocycles. The Bertz CT molecular complexity index is 398. The van der Waals surface area contributed by atoms with Crippen molar-refractivity contribution in [1.82, 2.24) is 4.90 Å². The van der Waals surface area contributed by atoms with E-state index in [-0.39, 0.29) is 5.54 Å². The zero-order chi connectivity index (χ0) is 13.3. The van der Waals surface area contributed by atoms with Gasteiger partial charge in [-0.3, -0.25) is 4.90 Å². The molecule has 0 radical (unpaired) electrons. The second-order valence-electron chi connectivity index (χ2n) is 6.06. The van der Waals surface area contributed by atoms with Crippen LogP contribution in [0, 0.1) is 5.92 Å². The van der Waals surface area contributed by atoms with Gasteiger partial charge in [0.2, 0.25) is 0 Å². The standard InChI is InChI=1S/C15H24N2OS/c1-15(11-16,12-6-7-18-10-12)17(13-4-5-13)9-14-3-2-8-19-14/h2-3,8,12-13H,4-7,9-11,16H2,1H3. The Morgan fingerprint density at radius 2 is 2.32 bits per heavy atom. The van der Waals surface area contributed by atoms with Crippen molar-refractivity contribution in [2.75, 3.05) is 19.8 Å². The first-order valence-electron chi connectivity index (χ1n) is 7.31. The van der Waals surface area contributed by atoms with Gasteiger partial charge in [0.05, 0.1) is 6.61 Å². The van der Waals surface area contributed by atoms with Crippen LogP contribution in [0.2, 0.25) is 0 Å². The highest BCUT2D eigenvalue weighted by molar-refractivity contribution is 7.09. The normalized spacial score (nSPS) is 26.8. The Morgan fingerprint density at radius 1 is 1.47 bits per heavy atom. The lowest BCUT2D eigenvalue weighted by Crippen LogP contribution is -2.57. The van der Waals surface area contributed by atoms with Gasteiger partial charge in [-0.2, -0.15) is 0 Å². The van der Waals surface area contributed by atoms with Gasteiger partial charge in [0.15, 0.2) is 0 Å². The van der Waals surface area contributed by atoms with Crippen LogP contribution in [-0.4, -0.2) is 36.2 Å². The number of nitrogens with zero attached hydrogens (tertiary/aromatic N) is 1. The molecule has 4 heteroatoms. The maximum atomic E-state index is 6.19. The summed E-state index contributed by atoms with van der Waals surface area (Å²) < 4.78 is 5.61. The fraction of sp³-hybridized carbons (Fsp3) is 0.733. The number of hydrogen-bond acceptors (Lipinski definition) is 4. The summed E-state index contributed by atoms with van der Waals surface area (Å²) in [5.41, 5.74) is 6.27. The van der Waals surface area contributed by atoms with Crippen molar-refractivity contribution in [3.8, 4) is 0 Å². The summed E-state index contributed by atoms with van der Waals surface area (Å²) in [5.74, 6) is 0.582. The topological polar surface area (TPSA) is 38.5 Å². The maximum Gasteiger partial charge on any atom is 0.0513 e. The largest absolute Gasteiger partial charge is 0.381 e. The van der Waals surface area contributed by atoms with E-state index >= 15 is 0 Å². The van der Waals surface area contributed by atoms with Crippen molar-refractivity contribution in [1.29, 1.82) is 0 Å². The van der Waals surface area contributed by atoms with Crippen molar-refractivity contribution in [3.05, 3.63) is 22.4 Å². The van der Waals surface area contributed by atoms with Crippen molar-refractivity contribution >= 4 is 11.3 Å². The fourth-order valence-corrected chi connectivity index (χ4v) is 3.93. The van der Waals surface area contributed by atoms with Crippen LogP contribution < -0.4 is 5.73 Å². The molecule has 3 nitrogen and oxygen atoms in total. The van der Waals surface area contributed by atoms with Gasteiger partial charge in [-0.25, -0.2) is 0 Å². The van der Waals surface area contributed by atoms with E-state index in [1.165, 1.54) is 17.7 Å². The summed E-state index contributed by atoms with van der Waals surface area (Å²) in [6.45, 7) is 5.90. The lowest BCUT2D eigenvalue weighted by molar-refractivity contribution is 0.0321. The molecular weight excluding hydrogens is 256 g/mol. The number of ether oxygens (including phenoxy) is 1. The van der Waals surface area contributed by atoms with E-state index in [2.05, 4.69) is 29.3 Å². The smallest absolute Gasteiger partial charge is 0.0513 e. The number of thiophene rings is 1. The molecule has 1 aromatic rings. The Balaban J connectivity index is 1.80. The predicted octanol–water partition coefficient (Wildman–Crippen LogP) is 2.47. The molecule has 1 saturated carbocycles. The average Bonchev–Trinajstić information content (AvgIpc) is 2.94. The van der Waals surface area contributed by atoms with Crippen LogP contribution in [0.3, 0.4) is 0 Å². The van der Waals surface area contributed by atoms with Crippen LogP contribution in [0.25, 0.3) is 0 Å². The van der Waals surface area contributed by atoms with Crippen LogP contribution in [0.5, 0.6) is 0 Å². The molecule has 1 aromatic heterocycles. The first kappa shape index (κ1) is 13.6. The third kappa shape index (κ3) is 2.72. The molecule has 0 spiro atoms. The first-order chi connectivity index (χ1) is 9.24. The lowest BCUT2D eigenvalue weighted by atomic mass is 9.83. The number of rotatable bonds is 6. The molecule has 2 aliphatic rings. The van der Waals surface area contributed by atoms with E-state index in [0.29, 0.717) is 5.92 Å². The minimum atomic E-state index is 0.0850. The van der Waals surface area contributed by atoms with Crippen LogP contribution in [0.1, 0.15) is 31.1 Å². The molecule has 2 N–H and O–H groups in total. The molecule has 3 rings (SSSR count).